The van der Waals surface area contributed by atoms with Crippen LogP contribution >= 0.6 is 0 Å². The Kier molecular flexibility index (Phi) is 12.6. The zero-order valence-electron chi connectivity index (χ0n) is 27.9. The van der Waals surface area contributed by atoms with Gasteiger partial charge in [0.2, 0.25) is 23.1 Å². The van der Waals surface area contributed by atoms with Gasteiger partial charge in [0.25, 0.3) is 0 Å². The number of fused-ring (bicyclic) bond motifs is 2. The third-order valence-electron chi connectivity index (χ3n) is 8.94. The van der Waals surface area contributed by atoms with Gasteiger partial charge in [0.1, 0.15) is 12.2 Å². The molecule has 2 saturated heterocycles. The number of rotatable bonds is 4. The Morgan fingerprint density at radius 1 is 0.568 bits per heavy atom. The molecule has 252 valence electrons. The third kappa shape index (κ3) is 7.90. The molecule has 0 aliphatic carbocycles. The average molecular weight is 629 g/mol. The van der Waals surface area contributed by atoms with Crippen molar-refractivity contribution < 1.29 is 57.0 Å². The number of hydrogen-bond acceptors (Lipinski definition) is 12. The predicted octanol–water partition coefficient (Wildman–Crippen LogP) is 4.33. The SMILES string of the molecule is CO[C@]1(C)O[C@H]2CC/C=C/C[C@@H](C)OC(=O)[C@@H]3O[C@@](C)(OC)[C@](C)(OC)O[C@H]3CC/C=C/C[C@@H](C)OC(=O)[C@@H]2O[C@@]1(C)OC. The lowest BCUT2D eigenvalue weighted by Crippen LogP contribution is -2.66. The first-order valence-corrected chi connectivity index (χ1v) is 15.3. The molecule has 44 heavy (non-hydrogen) atoms. The number of hydrogen-bond donors (Lipinski definition) is 0. The molecule has 3 aliphatic rings. The van der Waals surface area contributed by atoms with Crippen molar-refractivity contribution in [2.24, 2.45) is 0 Å². The molecule has 0 spiro atoms. The summed E-state index contributed by atoms with van der Waals surface area (Å²) in [4.78, 5) is 26.7. The minimum Gasteiger partial charge on any atom is -0.460 e. The van der Waals surface area contributed by atoms with E-state index in [9.17, 15) is 9.59 Å². The van der Waals surface area contributed by atoms with E-state index in [1.54, 1.807) is 27.7 Å². The number of allylic oxidation sites excluding steroid dienone is 2. The van der Waals surface area contributed by atoms with Gasteiger partial charge < -0.3 is 47.4 Å². The maximum Gasteiger partial charge on any atom is 0.338 e. The number of cyclic esters (lactones) is 2. The molecular weight excluding hydrogens is 576 g/mol. The lowest BCUT2D eigenvalue weighted by atomic mass is 10.00. The molecule has 0 bridgehead atoms. The molecule has 3 aliphatic heterocycles. The maximum atomic E-state index is 13.4. The van der Waals surface area contributed by atoms with E-state index < -0.39 is 71.7 Å². The van der Waals surface area contributed by atoms with E-state index >= 15 is 0 Å². The van der Waals surface area contributed by atoms with Crippen LogP contribution in [-0.2, 0) is 57.0 Å². The predicted molar refractivity (Wildman–Crippen MR) is 158 cm³/mol. The minimum absolute atomic E-state index is 0.435. The summed E-state index contributed by atoms with van der Waals surface area (Å²) < 4.78 is 59.1. The van der Waals surface area contributed by atoms with Crippen LogP contribution < -0.4 is 0 Å². The summed E-state index contributed by atoms with van der Waals surface area (Å²) in [6, 6.07) is 0. The fourth-order valence-electron chi connectivity index (χ4n) is 5.48. The van der Waals surface area contributed by atoms with Gasteiger partial charge in [-0.3, -0.25) is 0 Å². The lowest BCUT2D eigenvalue weighted by Gasteiger charge is -2.51. The number of methoxy groups -OCH3 is 4. The molecule has 12 heteroatoms. The molecule has 3 heterocycles. The summed E-state index contributed by atoms with van der Waals surface area (Å²) in [5.74, 6) is -6.30. The van der Waals surface area contributed by atoms with Crippen LogP contribution in [0.2, 0.25) is 0 Å². The van der Waals surface area contributed by atoms with Crippen molar-refractivity contribution in [2.45, 2.75) is 140 Å². The Bertz CT molecular complexity index is 953. The van der Waals surface area contributed by atoms with E-state index in [1.165, 1.54) is 28.4 Å². The van der Waals surface area contributed by atoms with Crippen LogP contribution in [-0.4, -0.2) is 100 Å². The van der Waals surface area contributed by atoms with Gasteiger partial charge in [-0.05, 0) is 67.2 Å². The largest absolute Gasteiger partial charge is 0.460 e. The molecule has 12 nitrogen and oxygen atoms in total. The molecule has 2 fully saturated rings. The van der Waals surface area contributed by atoms with E-state index in [0.29, 0.717) is 38.5 Å². The molecule has 0 aromatic heterocycles. The standard InChI is InChI=1S/C32H52O12/c1-21-17-13-11-15-19-24-26(44-32(6,38-10)30(4,36-8)42-24)28(34)40-22(2)18-14-12-16-20-23-25(27(33)39-21)43-31(5,37-9)29(3,35-7)41-23/h11-14,21-26H,15-20H2,1-10H3/b13-11+,14-12+/t21-,22-,23+,24+,25-,26-,29-,30-,31-,32-/m1/s1. The van der Waals surface area contributed by atoms with Crippen LogP contribution in [0.4, 0.5) is 0 Å². The van der Waals surface area contributed by atoms with Crippen molar-refractivity contribution in [1.29, 1.82) is 0 Å². The Labute approximate surface area is 261 Å². The minimum atomic E-state index is -1.35. The number of carbonyl (C=O) groups is 2. The fraction of sp³-hybridized carbons (Fsp3) is 0.812. The van der Waals surface area contributed by atoms with Gasteiger partial charge in [-0.2, -0.15) is 0 Å². The highest BCUT2D eigenvalue weighted by Crippen LogP contribution is 2.42. The number of esters is 2. The summed E-state index contributed by atoms with van der Waals surface area (Å²) in [7, 11) is 5.95. The highest BCUT2D eigenvalue weighted by molar-refractivity contribution is 5.76. The van der Waals surface area contributed by atoms with Gasteiger partial charge in [0.05, 0.1) is 12.2 Å². The van der Waals surface area contributed by atoms with Crippen molar-refractivity contribution in [1.82, 2.24) is 0 Å². The van der Waals surface area contributed by atoms with Crippen LogP contribution in [0.1, 0.15) is 80.1 Å². The number of carbonyl (C=O) groups excluding carboxylic acids is 2. The summed E-state index contributed by atoms with van der Waals surface area (Å²) >= 11 is 0. The van der Waals surface area contributed by atoms with Crippen molar-refractivity contribution in [3.8, 4) is 0 Å². The Morgan fingerprint density at radius 3 is 1.20 bits per heavy atom. The summed E-state index contributed by atoms with van der Waals surface area (Å²) in [5, 5.41) is 0. The second-order valence-electron chi connectivity index (χ2n) is 12.1. The topological polar surface area (TPSA) is 126 Å². The van der Waals surface area contributed by atoms with E-state index in [-0.39, 0.29) is 0 Å². The first kappa shape index (κ1) is 36.6. The highest BCUT2D eigenvalue weighted by atomic mass is 16.8. The van der Waals surface area contributed by atoms with E-state index in [4.69, 9.17) is 47.4 Å². The van der Waals surface area contributed by atoms with Crippen LogP contribution in [0.25, 0.3) is 0 Å². The average Bonchev–Trinajstić information content (AvgIpc) is 2.99. The first-order chi connectivity index (χ1) is 20.7. The van der Waals surface area contributed by atoms with Gasteiger partial charge in [0, 0.05) is 41.3 Å². The molecule has 0 amide bonds. The molecule has 0 unspecified atom stereocenters. The quantitative estimate of drug-likeness (QED) is 0.325. The molecule has 3 rings (SSSR count). The number of ether oxygens (including phenoxy) is 10. The van der Waals surface area contributed by atoms with Crippen molar-refractivity contribution in [3.63, 3.8) is 0 Å². The summed E-state index contributed by atoms with van der Waals surface area (Å²) in [5.41, 5.74) is 0. The van der Waals surface area contributed by atoms with Gasteiger partial charge in [-0.25, -0.2) is 9.59 Å². The zero-order valence-corrected chi connectivity index (χ0v) is 27.9. The van der Waals surface area contributed by atoms with Crippen LogP contribution in [0.5, 0.6) is 0 Å². The second kappa shape index (κ2) is 15.1. The molecule has 0 aromatic rings. The van der Waals surface area contributed by atoms with E-state index in [0.717, 1.165) is 0 Å². The second-order valence-corrected chi connectivity index (χ2v) is 12.1. The van der Waals surface area contributed by atoms with Gasteiger partial charge in [-0.1, -0.05) is 24.3 Å². The molecular formula is C32H52O12. The third-order valence-corrected chi connectivity index (χ3v) is 8.94. The summed E-state index contributed by atoms with van der Waals surface area (Å²) in [6.07, 6.45) is 6.45. The summed E-state index contributed by atoms with van der Waals surface area (Å²) in [6.45, 7) is 10.4. The monoisotopic (exact) mass is 628 g/mol. The molecule has 0 aromatic carbocycles. The molecule has 0 N–H and O–H groups in total. The molecule has 10 atom stereocenters. The van der Waals surface area contributed by atoms with Gasteiger partial charge in [0.15, 0.2) is 12.2 Å². The van der Waals surface area contributed by atoms with Crippen LogP contribution in [0, 0.1) is 0 Å². The zero-order chi connectivity index (χ0) is 32.8. The van der Waals surface area contributed by atoms with Crippen molar-refractivity contribution >= 4 is 11.9 Å². The fourth-order valence-corrected chi connectivity index (χ4v) is 5.48. The first-order valence-electron chi connectivity index (χ1n) is 15.3. The Balaban J connectivity index is 1.82. The Morgan fingerprint density at radius 2 is 0.886 bits per heavy atom. The van der Waals surface area contributed by atoms with E-state index in [2.05, 4.69) is 0 Å². The normalized spacial score (nSPS) is 44.8. The van der Waals surface area contributed by atoms with Gasteiger partial charge in [-0.15, -0.1) is 0 Å². The van der Waals surface area contributed by atoms with Crippen LogP contribution in [0.15, 0.2) is 24.3 Å². The Hall–Kier alpha value is -1.90. The van der Waals surface area contributed by atoms with E-state index in [1.807, 2.05) is 38.2 Å². The molecule has 0 radical (unpaired) electrons. The highest BCUT2D eigenvalue weighted by Gasteiger charge is 2.59. The maximum absolute atomic E-state index is 13.4. The van der Waals surface area contributed by atoms with Crippen molar-refractivity contribution in [2.75, 3.05) is 28.4 Å². The van der Waals surface area contributed by atoms with Crippen molar-refractivity contribution in [3.05, 3.63) is 24.3 Å². The van der Waals surface area contributed by atoms with Gasteiger partial charge >= 0.3 is 11.9 Å². The van der Waals surface area contributed by atoms with Crippen LogP contribution in [0.3, 0.4) is 0 Å². The molecule has 0 saturated carbocycles. The lowest BCUT2D eigenvalue weighted by molar-refractivity contribution is -0.444. The smallest absolute Gasteiger partial charge is 0.338 e.